The van der Waals surface area contributed by atoms with Crippen molar-refractivity contribution in [2.24, 2.45) is 5.92 Å². The van der Waals surface area contributed by atoms with Gasteiger partial charge in [0.25, 0.3) is 0 Å². The molecule has 1 radical (unpaired) electrons. The Kier molecular flexibility index (Phi) is 16.4. The SMILES string of the molecule is CCCCCCCCCCCCC(CC)[C](CC)CCC. The van der Waals surface area contributed by atoms with Crippen LogP contribution in [0.5, 0.6) is 0 Å². The van der Waals surface area contributed by atoms with Gasteiger partial charge in [-0.3, -0.25) is 0 Å². The molecule has 0 aliphatic heterocycles. The first-order valence-electron chi connectivity index (χ1n) is 10.1. The third-order valence-electron chi connectivity index (χ3n) is 5.00. The topological polar surface area (TPSA) is 0 Å². The van der Waals surface area contributed by atoms with E-state index >= 15 is 0 Å². The largest absolute Gasteiger partial charge is 0.0654 e. The summed E-state index contributed by atoms with van der Waals surface area (Å²) >= 11 is 0. The standard InChI is InChI=1S/C21H43/c1-5-9-10-11-12-13-14-15-16-17-19-21(8-4)20(7-3)18-6-2/h21H,5-19H2,1-4H3. The molecule has 0 aliphatic carbocycles. The van der Waals surface area contributed by atoms with Crippen LogP contribution in [0.25, 0.3) is 0 Å². The van der Waals surface area contributed by atoms with E-state index in [4.69, 9.17) is 0 Å². The molecular formula is C21H43. The molecule has 0 bridgehead atoms. The minimum atomic E-state index is 0.920. The smallest absolute Gasteiger partial charge is 0.0213 e. The van der Waals surface area contributed by atoms with Gasteiger partial charge in [0.05, 0.1) is 0 Å². The van der Waals surface area contributed by atoms with E-state index in [1.54, 1.807) is 0 Å². The van der Waals surface area contributed by atoms with Crippen molar-refractivity contribution in [1.82, 2.24) is 0 Å². The average molecular weight is 296 g/mol. The van der Waals surface area contributed by atoms with E-state index in [1.807, 2.05) is 5.92 Å². The summed E-state index contributed by atoms with van der Waals surface area (Å²) in [7, 11) is 0. The molecule has 1 atom stereocenters. The summed E-state index contributed by atoms with van der Waals surface area (Å²) in [6.07, 6.45) is 21.4. The molecule has 127 valence electrons. The molecule has 0 heterocycles. The van der Waals surface area contributed by atoms with Gasteiger partial charge in [0.15, 0.2) is 0 Å². The molecule has 0 spiro atoms. The number of hydrogen-bond acceptors (Lipinski definition) is 0. The molecule has 0 nitrogen and oxygen atoms in total. The summed E-state index contributed by atoms with van der Waals surface area (Å²) in [5.74, 6) is 2.76. The fourth-order valence-electron chi connectivity index (χ4n) is 3.57. The zero-order chi connectivity index (χ0) is 15.8. The van der Waals surface area contributed by atoms with Gasteiger partial charge in [-0.05, 0) is 31.1 Å². The summed E-state index contributed by atoms with van der Waals surface area (Å²) in [4.78, 5) is 0. The lowest BCUT2D eigenvalue weighted by molar-refractivity contribution is 0.415. The summed E-state index contributed by atoms with van der Waals surface area (Å²) in [6, 6.07) is 0. The summed E-state index contributed by atoms with van der Waals surface area (Å²) in [5, 5.41) is 0. The fourth-order valence-corrected chi connectivity index (χ4v) is 3.57. The number of rotatable bonds is 16. The van der Waals surface area contributed by atoms with Gasteiger partial charge in [0, 0.05) is 0 Å². The summed E-state index contributed by atoms with van der Waals surface area (Å²) in [6.45, 7) is 9.35. The van der Waals surface area contributed by atoms with Crippen molar-refractivity contribution < 1.29 is 0 Å². The molecule has 0 N–H and O–H groups in total. The first-order valence-corrected chi connectivity index (χ1v) is 10.1. The van der Waals surface area contributed by atoms with Crippen LogP contribution >= 0.6 is 0 Å². The predicted octanol–water partition coefficient (Wildman–Crippen LogP) is 8.11. The van der Waals surface area contributed by atoms with Crippen molar-refractivity contribution in [3.8, 4) is 0 Å². The molecule has 0 rings (SSSR count). The highest BCUT2D eigenvalue weighted by Gasteiger charge is 2.17. The van der Waals surface area contributed by atoms with Crippen LogP contribution in [0.2, 0.25) is 0 Å². The molecule has 0 aromatic heterocycles. The van der Waals surface area contributed by atoms with Crippen LogP contribution in [0, 0.1) is 11.8 Å². The summed E-state index contributed by atoms with van der Waals surface area (Å²) in [5.41, 5.74) is 0. The Labute approximate surface area is 136 Å². The molecule has 0 heteroatoms. The van der Waals surface area contributed by atoms with Crippen molar-refractivity contribution in [1.29, 1.82) is 0 Å². The van der Waals surface area contributed by atoms with Crippen LogP contribution in [0.4, 0.5) is 0 Å². The molecular weight excluding hydrogens is 252 g/mol. The van der Waals surface area contributed by atoms with E-state index < -0.39 is 0 Å². The molecule has 0 aliphatic rings. The molecule has 0 saturated carbocycles. The Balaban J connectivity index is 3.46. The van der Waals surface area contributed by atoms with Crippen LogP contribution in [0.1, 0.15) is 124 Å². The van der Waals surface area contributed by atoms with Gasteiger partial charge < -0.3 is 0 Å². The van der Waals surface area contributed by atoms with Gasteiger partial charge >= 0.3 is 0 Å². The minimum Gasteiger partial charge on any atom is -0.0654 e. The lowest BCUT2D eigenvalue weighted by Crippen LogP contribution is -2.11. The first-order chi connectivity index (χ1) is 10.3. The normalized spacial score (nSPS) is 13.0. The average Bonchev–Trinajstić information content (AvgIpc) is 2.51. The van der Waals surface area contributed by atoms with Gasteiger partial charge in [-0.1, -0.05) is 105 Å². The fraction of sp³-hybridized carbons (Fsp3) is 0.952. The van der Waals surface area contributed by atoms with Crippen molar-refractivity contribution in [2.45, 2.75) is 124 Å². The predicted molar refractivity (Wildman–Crippen MR) is 98.7 cm³/mol. The van der Waals surface area contributed by atoms with Gasteiger partial charge in [0.1, 0.15) is 0 Å². The summed E-state index contributed by atoms with van der Waals surface area (Å²) < 4.78 is 0. The lowest BCUT2D eigenvalue weighted by atomic mass is 9.81. The molecule has 21 heavy (non-hydrogen) atoms. The molecule has 0 fully saturated rings. The second kappa shape index (κ2) is 16.4. The van der Waals surface area contributed by atoms with Crippen molar-refractivity contribution >= 4 is 0 Å². The van der Waals surface area contributed by atoms with Crippen LogP contribution in [0.15, 0.2) is 0 Å². The highest BCUT2D eigenvalue weighted by molar-refractivity contribution is 4.94. The van der Waals surface area contributed by atoms with Crippen LogP contribution in [-0.2, 0) is 0 Å². The van der Waals surface area contributed by atoms with E-state index in [9.17, 15) is 0 Å². The van der Waals surface area contributed by atoms with E-state index in [1.165, 1.54) is 96.3 Å². The Hall–Kier alpha value is 0. The Morgan fingerprint density at radius 1 is 0.619 bits per heavy atom. The maximum Gasteiger partial charge on any atom is -0.0213 e. The Morgan fingerprint density at radius 3 is 1.57 bits per heavy atom. The molecule has 0 aromatic carbocycles. The zero-order valence-corrected chi connectivity index (χ0v) is 15.7. The molecule has 0 aromatic rings. The van der Waals surface area contributed by atoms with Crippen molar-refractivity contribution in [3.63, 3.8) is 0 Å². The quantitative estimate of drug-likeness (QED) is 0.252. The Bertz CT molecular complexity index is 184. The molecule has 1 unspecified atom stereocenters. The second-order valence-electron chi connectivity index (χ2n) is 6.84. The minimum absolute atomic E-state index is 0.920. The van der Waals surface area contributed by atoms with Crippen LogP contribution in [0.3, 0.4) is 0 Å². The zero-order valence-electron chi connectivity index (χ0n) is 15.7. The highest BCUT2D eigenvalue weighted by atomic mass is 14.2. The Morgan fingerprint density at radius 2 is 1.14 bits per heavy atom. The van der Waals surface area contributed by atoms with Crippen LogP contribution in [-0.4, -0.2) is 0 Å². The van der Waals surface area contributed by atoms with Crippen molar-refractivity contribution in [3.05, 3.63) is 5.92 Å². The van der Waals surface area contributed by atoms with Gasteiger partial charge in [0.2, 0.25) is 0 Å². The second-order valence-corrected chi connectivity index (χ2v) is 6.84. The maximum atomic E-state index is 2.38. The van der Waals surface area contributed by atoms with Gasteiger partial charge in [-0.15, -0.1) is 0 Å². The highest BCUT2D eigenvalue weighted by Crippen LogP contribution is 2.30. The monoisotopic (exact) mass is 295 g/mol. The van der Waals surface area contributed by atoms with E-state index in [0.29, 0.717) is 0 Å². The third kappa shape index (κ3) is 12.2. The molecule has 0 saturated heterocycles. The van der Waals surface area contributed by atoms with E-state index in [-0.39, 0.29) is 0 Å². The van der Waals surface area contributed by atoms with Gasteiger partial charge in [-0.2, -0.15) is 0 Å². The third-order valence-corrected chi connectivity index (χ3v) is 5.00. The maximum absolute atomic E-state index is 2.38. The van der Waals surface area contributed by atoms with E-state index in [2.05, 4.69) is 27.7 Å². The lowest BCUT2D eigenvalue weighted by Gasteiger charge is -2.24. The molecule has 0 amide bonds. The first kappa shape index (κ1) is 21.0. The van der Waals surface area contributed by atoms with Crippen molar-refractivity contribution in [2.75, 3.05) is 0 Å². The number of unbranched alkanes of at least 4 members (excludes halogenated alkanes) is 9. The van der Waals surface area contributed by atoms with Crippen LogP contribution < -0.4 is 0 Å². The van der Waals surface area contributed by atoms with Gasteiger partial charge in [-0.25, -0.2) is 0 Å². The van der Waals surface area contributed by atoms with E-state index in [0.717, 1.165) is 5.92 Å². The number of hydrogen-bond donors (Lipinski definition) is 0.